The molecule has 0 bridgehead atoms. The molecule has 3 rings (SSSR count). The van der Waals surface area contributed by atoms with Crippen LogP contribution in [0, 0.1) is 13.8 Å². The molecule has 0 saturated heterocycles. The number of nitrogens with one attached hydrogen (secondary N) is 2. The second-order valence-electron chi connectivity index (χ2n) is 4.31. The van der Waals surface area contributed by atoms with Gasteiger partial charge in [0.25, 0.3) is 0 Å². The zero-order chi connectivity index (χ0) is 12.5. The van der Waals surface area contributed by atoms with Crippen molar-refractivity contribution in [1.82, 2.24) is 15.0 Å². The summed E-state index contributed by atoms with van der Waals surface area (Å²) in [7, 11) is 0. The Kier molecular flexibility index (Phi) is 2.48. The minimum absolute atomic E-state index is 0.855. The molecule has 3 aromatic rings. The van der Waals surface area contributed by atoms with Gasteiger partial charge in [0.15, 0.2) is 0 Å². The number of H-pyrrole nitrogens is 1. The first kappa shape index (κ1) is 10.8. The number of aromatic nitrogens is 3. The molecule has 0 saturated carbocycles. The van der Waals surface area contributed by atoms with Crippen molar-refractivity contribution in [2.45, 2.75) is 13.8 Å². The minimum Gasteiger partial charge on any atom is -0.361 e. The van der Waals surface area contributed by atoms with Gasteiger partial charge < -0.3 is 10.3 Å². The molecule has 0 aromatic carbocycles. The van der Waals surface area contributed by atoms with Crippen LogP contribution in [0.1, 0.15) is 11.3 Å². The number of nitrogens with zero attached hydrogens (tertiary/aromatic N) is 2. The standard InChI is InChI=1S/C14H14N4/c1-9-3-6-15-10(2)13(9)18-14-11-4-7-16-12(11)5-8-17-14/h3-8,16H,1-2H3,(H,17,18). The van der Waals surface area contributed by atoms with Gasteiger partial charge in [0, 0.05) is 24.0 Å². The van der Waals surface area contributed by atoms with Crippen LogP contribution in [-0.4, -0.2) is 15.0 Å². The van der Waals surface area contributed by atoms with Crippen LogP contribution in [0.3, 0.4) is 0 Å². The summed E-state index contributed by atoms with van der Waals surface area (Å²) >= 11 is 0. The molecule has 0 aliphatic rings. The molecule has 0 radical (unpaired) electrons. The molecule has 0 fully saturated rings. The Labute approximate surface area is 105 Å². The van der Waals surface area contributed by atoms with Gasteiger partial charge in [0.05, 0.1) is 16.9 Å². The highest BCUT2D eigenvalue weighted by atomic mass is 15.0. The van der Waals surface area contributed by atoms with Crippen LogP contribution < -0.4 is 5.32 Å². The van der Waals surface area contributed by atoms with E-state index >= 15 is 0 Å². The van der Waals surface area contributed by atoms with Crippen molar-refractivity contribution in [2.24, 2.45) is 0 Å². The van der Waals surface area contributed by atoms with E-state index in [-0.39, 0.29) is 0 Å². The van der Waals surface area contributed by atoms with E-state index in [1.807, 2.05) is 37.5 Å². The van der Waals surface area contributed by atoms with Crippen molar-refractivity contribution in [2.75, 3.05) is 5.32 Å². The third kappa shape index (κ3) is 1.72. The number of hydrogen-bond donors (Lipinski definition) is 2. The van der Waals surface area contributed by atoms with Gasteiger partial charge in [0.2, 0.25) is 0 Å². The molecule has 0 unspecified atom stereocenters. The molecule has 0 atom stereocenters. The van der Waals surface area contributed by atoms with Crippen molar-refractivity contribution in [3.8, 4) is 0 Å². The smallest absolute Gasteiger partial charge is 0.139 e. The Morgan fingerprint density at radius 3 is 2.72 bits per heavy atom. The molecule has 0 aliphatic heterocycles. The summed E-state index contributed by atoms with van der Waals surface area (Å²) in [6.45, 7) is 4.06. The molecular weight excluding hydrogens is 224 g/mol. The number of rotatable bonds is 2. The second-order valence-corrected chi connectivity index (χ2v) is 4.31. The topological polar surface area (TPSA) is 53.6 Å². The fourth-order valence-corrected chi connectivity index (χ4v) is 2.08. The number of aryl methyl sites for hydroxylation is 2. The molecule has 4 heteroatoms. The van der Waals surface area contributed by atoms with Crippen molar-refractivity contribution >= 4 is 22.4 Å². The van der Waals surface area contributed by atoms with Gasteiger partial charge >= 0.3 is 0 Å². The Morgan fingerprint density at radius 2 is 1.89 bits per heavy atom. The predicted octanol–water partition coefficient (Wildman–Crippen LogP) is 3.32. The summed E-state index contributed by atoms with van der Waals surface area (Å²) in [5, 5.41) is 4.46. The summed E-state index contributed by atoms with van der Waals surface area (Å²) < 4.78 is 0. The molecule has 3 aromatic heterocycles. The number of anilines is 2. The summed E-state index contributed by atoms with van der Waals surface area (Å²) in [4.78, 5) is 11.9. The Morgan fingerprint density at radius 1 is 1.06 bits per heavy atom. The van der Waals surface area contributed by atoms with Crippen LogP contribution in [-0.2, 0) is 0 Å². The lowest BCUT2D eigenvalue weighted by atomic mass is 10.2. The van der Waals surface area contributed by atoms with Gasteiger partial charge in [-0.15, -0.1) is 0 Å². The lowest BCUT2D eigenvalue weighted by Crippen LogP contribution is -1.99. The Hall–Kier alpha value is -2.36. The number of fused-ring (bicyclic) bond motifs is 1. The van der Waals surface area contributed by atoms with Crippen LogP contribution in [0.5, 0.6) is 0 Å². The van der Waals surface area contributed by atoms with Gasteiger partial charge in [-0.25, -0.2) is 4.98 Å². The molecule has 3 heterocycles. The van der Waals surface area contributed by atoms with Crippen molar-refractivity contribution in [1.29, 1.82) is 0 Å². The van der Waals surface area contributed by atoms with Crippen molar-refractivity contribution < 1.29 is 0 Å². The Balaban J connectivity index is 2.09. The summed E-state index contributed by atoms with van der Waals surface area (Å²) in [6.07, 6.45) is 5.53. The first-order valence-corrected chi connectivity index (χ1v) is 5.87. The summed E-state index contributed by atoms with van der Waals surface area (Å²) in [6, 6.07) is 5.97. The van der Waals surface area contributed by atoms with Gasteiger partial charge in [-0.3, -0.25) is 4.98 Å². The highest BCUT2D eigenvalue weighted by Crippen LogP contribution is 2.26. The maximum absolute atomic E-state index is 4.40. The van der Waals surface area contributed by atoms with Gasteiger partial charge in [0.1, 0.15) is 5.82 Å². The van der Waals surface area contributed by atoms with E-state index in [9.17, 15) is 0 Å². The highest BCUT2D eigenvalue weighted by molar-refractivity contribution is 5.91. The molecule has 90 valence electrons. The molecule has 0 amide bonds. The molecule has 0 spiro atoms. The van der Waals surface area contributed by atoms with E-state index in [0.717, 1.165) is 33.7 Å². The second kappa shape index (κ2) is 4.14. The van der Waals surface area contributed by atoms with E-state index in [1.165, 1.54) is 0 Å². The van der Waals surface area contributed by atoms with E-state index in [4.69, 9.17) is 0 Å². The molecule has 0 aliphatic carbocycles. The van der Waals surface area contributed by atoms with Crippen LogP contribution in [0.4, 0.5) is 11.5 Å². The predicted molar refractivity (Wildman–Crippen MR) is 73.1 cm³/mol. The largest absolute Gasteiger partial charge is 0.361 e. The van der Waals surface area contributed by atoms with E-state index in [0.29, 0.717) is 0 Å². The number of pyridine rings is 2. The number of hydrogen-bond acceptors (Lipinski definition) is 3. The SMILES string of the molecule is Cc1ccnc(C)c1Nc1nccc2[nH]ccc12. The average Bonchev–Trinajstić information content (AvgIpc) is 2.83. The van der Waals surface area contributed by atoms with E-state index in [1.54, 1.807) is 6.20 Å². The van der Waals surface area contributed by atoms with Gasteiger partial charge in [-0.2, -0.15) is 0 Å². The van der Waals surface area contributed by atoms with Gasteiger partial charge in [-0.1, -0.05) is 0 Å². The van der Waals surface area contributed by atoms with E-state index in [2.05, 4.69) is 27.2 Å². The lowest BCUT2D eigenvalue weighted by Gasteiger charge is -2.11. The first-order valence-electron chi connectivity index (χ1n) is 5.87. The van der Waals surface area contributed by atoms with Crippen LogP contribution in [0.15, 0.2) is 36.8 Å². The van der Waals surface area contributed by atoms with Crippen LogP contribution in [0.25, 0.3) is 10.9 Å². The maximum Gasteiger partial charge on any atom is 0.139 e. The number of aromatic amines is 1. The molecule has 2 N–H and O–H groups in total. The van der Waals surface area contributed by atoms with Crippen LogP contribution in [0.2, 0.25) is 0 Å². The normalized spacial score (nSPS) is 10.8. The van der Waals surface area contributed by atoms with Crippen LogP contribution >= 0.6 is 0 Å². The van der Waals surface area contributed by atoms with Gasteiger partial charge in [-0.05, 0) is 37.6 Å². The van der Waals surface area contributed by atoms with Crippen molar-refractivity contribution in [3.63, 3.8) is 0 Å². The van der Waals surface area contributed by atoms with Crippen molar-refractivity contribution in [3.05, 3.63) is 48.0 Å². The third-order valence-corrected chi connectivity index (χ3v) is 3.07. The molecule has 18 heavy (non-hydrogen) atoms. The third-order valence-electron chi connectivity index (χ3n) is 3.07. The average molecular weight is 238 g/mol. The quantitative estimate of drug-likeness (QED) is 0.720. The summed E-state index contributed by atoms with van der Waals surface area (Å²) in [5.74, 6) is 0.855. The Bertz CT molecular complexity index is 680. The lowest BCUT2D eigenvalue weighted by molar-refractivity contribution is 1.17. The van der Waals surface area contributed by atoms with E-state index < -0.39 is 0 Å². The first-order chi connectivity index (χ1) is 8.75. The molecule has 4 nitrogen and oxygen atoms in total. The zero-order valence-corrected chi connectivity index (χ0v) is 10.4. The minimum atomic E-state index is 0.855. The maximum atomic E-state index is 4.40. The molecular formula is C14H14N4. The summed E-state index contributed by atoms with van der Waals surface area (Å²) in [5.41, 5.74) is 4.24. The monoisotopic (exact) mass is 238 g/mol. The zero-order valence-electron chi connectivity index (χ0n) is 10.4. The fraction of sp³-hybridized carbons (Fsp3) is 0.143. The highest BCUT2D eigenvalue weighted by Gasteiger charge is 2.07. The fourth-order valence-electron chi connectivity index (χ4n) is 2.08.